The summed E-state index contributed by atoms with van der Waals surface area (Å²) in [4.78, 5) is 5.08. The summed E-state index contributed by atoms with van der Waals surface area (Å²) in [5.41, 5.74) is 15.0. The molecule has 1 aromatic heterocycles. The second-order valence-electron chi connectivity index (χ2n) is 16.0. The van der Waals surface area contributed by atoms with Crippen LogP contribution in [0.1, 0.15) is 35.1 Å². The number of para-hydroxylation sites is 3. The Hall–Kier alpha value is -6.58. The number of hydrogen-bond acceptors (Lipinski definition) is 3. The van der Waals surface area contributed by atoms with Gasteiger partial charge in [-0.2, -0.15) is 0 Å². The molecule has 1 spiro atoms. The van der Waals surface area contributed by atoms with Crippen molar-refractivity contribution in [2.45, 2.75) is 31.1 Å². The third kappa shape index (κ3) is 4.46. The van der Waals surface area contributed by atoms with Crippen LogP contribution in [0.2, 0.25) is 0 Å². The first-order valence-corrected chi connectivity index (χ1v) is 20.1. The summed E-state index contributed by atoms with van der Waals surface area (Å²) in [6.45, 7) is 0. The van der Waals surface area contributed by atoms with Crippen LogP contribution < -0.4 is 9.80 Å². The molecule has 3 aliphatic rings. The first-order valence-electron chi connectivity index (χ1n) is 20.1. The van der Waals surface area contributed by atoms with Gasteiger partial charge in [0.2, 0.25) is 0 Å². The van der Waals surface area contributed by atoms with Crippen LogP contribution in [0.5, 0.6) is 0 Å². The predicted molar refractivity (Wildman–Crippen MR) is 231 cm³/mol. The van der Waals surface area contributed by atoms with E-state index >= 15 is 0 Å². The van der Waals surface area contributed by atoms with Gasteiger partial charge in [-0.15, -0.1) is 0 Å². The van der Waals surface area contributed by atoms with Crippen molar-refractivity contribution in [3.63, 3.8) is 0 Å². The maximum absolute atomic E-state index is 6.57. The maximum atomic E-state index is 6.57. The van der Waals surface area contributed by atoms with E-state index in [2.05, 4.69) is 192 Å². The number of hydrogen-bond donors (Lipinski definition) is 0. The minimum atomic E-state index is -0.133. The SMILES string of the molecule is c1ccc(N(c2ccccc2)c2cccc3c2C24c5c(cccc5N(c5ccc6c(c5)oc5ccccc56)c5cccc6ccccc56)CC2CCC4C3)cc1. The van der Waals surface area contributed by atoms with E-state index in [1.807, 2.05) is 0 Å². The molecule has 0 radical (unpaired) electrons. The number of furan rings is 1. The molecule has 3 heteroatoms. The first kappa shape index (κ1) is 31.7. The van der Waals surface area contributed by atoms with Gasteiger partial charge in [-0.3, -0.25) is 0 Å². The van der Waals surface area contributed by atoms with Gasteiger partial charge in [0.1, 0.15) is 11.2 Å². The van der Waals surface area contributed by atoms with Gasteiger partial charge in [0.05, 0.1) is 17.1 Å². The lowest BCUT2D eigenvalue weighted by Gasteiger charge is -2.40. The highest BCUT2D eigenvalue weighted by Gasteiger charge is 2.62. The Morgan fingerprint density at radius 1 is 0.411 bits per heavy atom. The standard InChI is InChI=1S/C53H40N2O/c1-3-18-40(19-4-1)54(41-20-5-2-6-21-41)47-25-12-16-36-32-38-28-29-39-33-37-17-13-26-48(52(37)53(38,39)51(36)47)55(46-24-11-15-35-14-7-8-22-43(35)46)42-30-31-45-44-23-9-10-27-49(44)56-50(45)34-42/h1-27,30-31,34,38-39H,28-29,32-33H2. The first-order chi connectivity index (χ1) is 27.8. The largest absolute Gasteiger partial charge is 0.456 e. The van der Waals surface area contributed by atoms with E-state index in [1.54, 1.807) is 0 Å². The minimum absolute atomic E-state index is 0.133. The van der Waals surface area contributed by atoms with Crippen LogP contribution in [-0.4, -0.2) is 0 Å². The predicted octanol–water partition coefficient (Wildman–Crippen LogP) is 14.1. The number of nitrogens with zero attached hydrogens (tertiary/aromatic N) is 2. The number of benzene rings is 8. The van der Waals surface area contributed by atoms with Crippen LogP contribution >= 0.6 is 0 Å². The van der Waals surface area contributed by atoms with E-state index in [-0.39, 0.29) is 5.41 Å². The summed E-state index contributed by atoms with van der Waals surface area (Å²) >= 11 is 0. The third-order valence-electron chi connectivity index (χ3n) is 13.3. The van der Waals surface area contributed by atoms with Crippen LogP contribution in [0, 0.1) is 11.8 Å². The van der Waals surface area contributed by atoms with Crippen LogP contribution in [0.25, 0.3) is 32.7 Å². The topological polar surface area (TPSA) is 19.6 Å². The Kier molecular flexibility index (Phi) is 6.92. The molecule has 1 saturated carbocycles. The van der Waals surface area contributed by atoms with Crippen molar-refractivity contribution in [1.29, 1.82) is 0 Å². The van der Waals surface area contributed by atoms with E-state index in [0.29, 0.717) is 11.8 Å². The molecule has 0 N–H and O–H groups in total. The highest BCUT2D eigenvalue weighted by atomic mass is 16.3. The molecule has 3 atom stereocenters. The molecular weight excluding hydrogens is 681 g/mol. The minimum Gasteiger partial charge on any atom is -0.456 e. The van der Waals surface area contributed by atoms with E-state index in [1.165, 1.54) is 74.3 Å². The van der Waals surface area contributed by atoms with Crippen molar-refractivity contribution in [2.75, 3.05) is 9.80 Å². The van der Waals surface area contributed by atoms with Gasteiger partial charge in [-0.25, -0.2) is 0 Å². The molecule has 268 valence electrons. The lowest BCUT2D eigenvalue weighted by molar-refractivity contribution is 0.350. The second kappa shape index (κ2) is 12.2. The average molecular weight is 721 g/mol. The molecule has 3 unspecified atom stereocenters. The lowest BCUT2D eigenvalue weighted by atomic mass is 9.68. The van der Waals surface area contributed by atoms with Gasteiger partial charge in [0.15, 0.2) is 0 Å². The van der Waals surface area contributed by atoms with Crippen molar-refractivity contribution in [3.8, 4) is 0 Å². The Morgan fingerprint density at radius 3 is 1.64 bits per heavy atom. The van der Waals surface area contributed by atoms with Gasteiger partial charge in [-0.05, 0) is 126 Å². The zero-order valence-corrected chi connectivity index (χ0v) is 31.1. The fourth-order valence-corrected chi connectivity index (χ4v) is 11.3. The molecule has 8 aromatic carbocycles. The second-order valence-corrected chi connectivity index (χ2v) is 16.0. The smallest absolute Gasteiger partial charge is 0.137 e. The van der Waals surface area contributed by atoms with Crippen molar-refractivity contribution in [2.24, 2.45) is 11.8 Å². The molecule has 3 aliphatic carbocycles. The maximum Gasteiger partial charge on any atom is 0.137 e. The van der Waals surface area contributed by atoms with Gasteiger partial charge in [0, 0.05) is 44.7 Å². The molecule has 12 rings (SSSR count). The Morgan fingerprint density at radius 2 is 0.946 bits per heavy atom. The molecule has 0 saturated heterocycles. The van der Waals surface area contributed by atoms with E-state index in [9.17, 15) is 0 Å². The van der Waals surface area contributed by atoms with E-state index in [4.69, 9.17) is 4.42 Å². The van der Waals surface area contributed by atoms with Crippen molar-refractivity contribution in [1.82, 2.24) is 0 Å². The Bertz CT molecular complexity index is 2910. The van der Waals surface area contributed by atoms with Crippen LogP contribution in [0.3, 0.4) is 0 Å². The summed E-state index contributed by atoms with van der Waals surface area (Å²) < 4.78 is 6.57. The molecule has 1 heterocycles. The summed E-state index contributed by atoms with van der Waals surface area (Å²) in [6, 6.07) is 67.0. The van der Waals surface area contributed by atoms with E-state index < -0.39 is 0 Å². The number of rotatable bonds is 6. The average Bonchev–Trinajstić information content (AvgIpc) is 3.98. The quantitative estimate of drug-likeness (QED) is 0.170. The van der Waals surface area contributed by atoms with E-state index in [0.717, 1.165) is 40.5 Å². The zero-order valence-electron chi connectivity index (χ0n) is 31.1. The molecule has 0 amide bonds. The van der Waals surface area contributed by atoms with Crippen LogP contribution in [0.4, 0.5) is 34.1 Å². The normalized spacial score (nSPS) is 19.2. The van der Waals surface area contributed by atoms with Gasteiger partial charge < -0.3 is 14.2 Å². The monoisotopic (exact) mass is 720 g/mol. The highest BCUT2D eigenvalue weighted by Crippen LogP contribution is 2.69. The van der Waals surface area contributed by atoms with Crippen molar-refractivity contribution in [3.05, 3.63) is 204 Å². The third-order valence-corrected chi connectivity index (χ3v) is 13.3. The molecule has 56 heavy (non-hydrogen) atoms. The fraction of sp³-hybridized carbons (Fsp3) is 0.132. The Labute approximate surface area is 327 Å². The molecule has 0 aliphatic heterocycles. The summed E-state index contributed by atoms with van der Waals surface area (Å²) in [5.74, 6) is 1.04. The van der Waals surface area contributed by atoms with Crippen LogP contribution in [-0.2, 0) is 18.3 Å². The molecule has 9 aromatic rings. The van der Waals surface area contributed by atoms with Crippen molar-refractivity contribution < 1.29 is 4.42 Å². The fourth-order valence-electron chi connectivity index (χ4n) is 11.3. The summed E-state index contributed by atoms with van der Waals surface area (Å²) in [5, 5.41) is 4.76. The van der Waals surface area contributed by atoms with Crippen LogP contribution in [0.15, 0.2) is 186 Å². The summed E-state index contributed by atoms with van der Waals surface area (Å²) in [6.07, 6.45) is 4.67. The van der Waals surface area contributed by atoms with Gasteiger partial charge >= 0.3 is 0 Å². The Balaban J connectivity index is 1.14. The van der Waals surface area contributed by atoms with Crippen molar-refractivity contribution >= 4 is 66.8 Å². The summed E-state index contributed by atoms with van der Waals surface area (Å²) in [7, 11) is 0. The number of anilines is 6. The molecule has 1 fully saturated rings. The molecule has 3 nitrogen and oxygen atoms in total. The highest BCUT2D eigenvalue weighted by molar-refractivity contribution is 6.07. The van der Waals surface area contributed by atoms with Gasteiger partial charge in [-0.1, -0.05) is 115 Å². The lowest BCUT2D eigenvalue weighted by Crippen LogP contribution is -2.34. The molecular formula is C53H40N2O. The zero-order chi connectivity index (χ0) is 36.8. The number of fused-ring (bicyclic) bond motifs is 6. The van der Waals surface area contributed by atoms with Gasteiger partial charge in [0.25, 0.3) is 0 Å². The molecule has 0 bridgehead atoms.